The zero-order valence-electron chi connectivity index (χ0n) is 9.04. The molecule has 1 atom stereocenters. The molecule has 0 saturated heterocycles. The van der Waals surface area contributed by atoms with Gasteiger partial charge < -0.3 is 10.4 Å². The molecule has 0 fully saturated rings. The van der Waals surface area contributed by atoms with Gasteiger partial charge in [0.2, 0.25) is 5.91 Å². The summed E-state index contributed by atoms with van der Waals surface area (Å²) in [4.78, 5) is 21.8. The van der Waals surface area contributed by atoms with Gasteiger partial charge in [-0.15, -0.1) is 0 Å². The molecular weight excluding hydrogens is 232 g/mol. The molecule has 0 saturated carbocycles. The number of aliphatic carboxylic acids is 1. The summed E-state index contributed by atoms with van der Waals surface area (Å²) >= 11 is 0. The molecule has 1 rings (SSSR count). The first kappa shape index (κ1) is 13.1. The number of halogens is 2. The Morgan fingerprint density at radius 3 is 2.59 bits per heavy atom. The molecule has 0 unspecified atom stereocenters. The number of carboxylic acids is 1. The summed E-state index contributed by atoms with van der Waals surface area (Å²) < 4.78 is 25.8. The molecule has 0 bridgehead atoms. The summed E-state index contributed by atoms with van der Waals surface area (Å²) in [5.41, 5.74) is 0.0153. The van der Waals surface area contributed by atoms with E-state index in [1.807, 2.05) is 0 Å². The van der Waals surface area contributed by atoms with E-state index in [0.29, 0.717) is 6.07 Å². The molecular formula is C11H11F2NO3. The Balaban J connectivity index is 2.65. The zero-order chi connectivity index (χ0) is 13.0. The lowest BCUT2D eigenvalue weighted by Crippen LogP contribution is -2.39. The van der Waals surface area contributed by atoms with E-state index in [1.165, 1.54) is 6.92 Å². The molecule has 4 nitrogen and oxygen atoms in total. The van der Waals surface area contributed by atoms with Crippen molar-refractivity contribution in [3.63, 3.8) is 0 Å². The SMILES string of the molecule is C[C@@H](NC(=O)Cc1ccc(F)cc1F)C(=O)O. The van der Waals surface area contributed by atoms with Gasteiger partial charge in [-0.25, -0.2) is 8.78 Å². The summed E-state index contributed by atoms with van der Waals surface area (Å²) in [5.74, 6) is -3.38. The monoisotopic (exact) mass is 243 g/mol. The number of carbonyl (C=O) groups excluding carboxylic acids is 1. The second-order valence-electron chi connectivity index (χ2n) is 3.54. The molecule has 17 heavy (non-hydrogen) atoms. The number of benzene rings is 1. The second kappa shape index (κ2) is 5.38. The first-order valence-electron chi connectivity index (χ1n) is 4.86. The molecule has 2 N–H and O–H groups in total. The Bertz CT molecular complexity index is 448. The minimum atomic E-state index is -1.18. The molecule has 0 aromatic heterocycles. The van der Waals surface area contributed by atoms with Crippen LogP contribution >= 0.6 is 0 Å². The predicted octanol–water partition coefficient (Wildman–Crippen LogP) is 1.10. The van der Waals surface area contributed by atoms with Crippen LogP contribution in [0.25, 0.3) is 0 Å². The first-order chi connectivity index (χ1) is 7.90. The van der Waals surface area contributed by atoms with Gasteiger partial charge >= 0.3 is 5.97 Å². The van der Waals surface area contributed by atoms with Crippen molar-refractivity contribution >= 4 is 11.9 Å². The van der Waals surface area contributed by atoms with Crippen LogP contribution in [0.3, 0.4) is 0 Å². The Kier molecular flexibility index (Phi) is 4.14. The van der Waals surface area contributed by atoms with Crippen LogP contribution in [-0.4, -0.2) is 23.0 Å². The van der Waals surface area contributed by atoms with E-state index in [-0.39, 0.29) is 12.0 Å². The number of carboxylic acid groups (broad SMARTS) is 1. The summed E-state index contributed by atoms with van der Waals surface area (Å²) in [6.07, 6.45) is -0.330. The fourth-order valence-electron chi connectivity index (χ4n) is 1.19. The van der Waals surface area contributed by atoms with Crippen molar-refractivity contribution in [3.8, 4) is 0 Å². The van der Waals surface area contributed by atoms with Gasteiger partial charge in [0.1, 0.15) is 17.7 Å². The normalized spacial score (nSPS) is 11.9. The number of rotatable bonds is 4. The van der Waals surface area contributed by atoms with Gasteiger partial charge in [-0.3, -0.25) is 9.59 Å². The van der Waals surface area contributed by atoms with Crippen molar-refractivity contribution in [3.05, 3.63) is 35.4 Å². The Hall–Kier alpha value is -1.98. The second-order valence-corrected chi connectivity index (χ2v) is 3.54. The van der Waals surface area contributed by atoms with Crippen LogP contribution in [0.4, 0.5) is 8.78 Å². The van der Waals surface area contributed by atoms with Crippen molar-refractivity contribution in [1.29, 1.82) is 0 Å². The zero-order valence-corrected chi connectivity index (χ0v) is 9.04. The summed E-state index contributed by atoms with van der Waals surface area (Å²) in [5, 5.41) is 10.7. The van der Waals surface area contributed by atoms with Gasteiger partial charge in [0.05, 0.1) is 6.42 Å². The number of nitrogens with one attached hydrogen (secondary N) is 1. The van der Waals surface area contributed by atoms with Crippen LogP contribution in [0.1, 0.15) is 12.5 Å². The van der Waals surface area contributed by atoms with Crippen LogP contribution in [0.15, 0.2) is 18.2 Å². The van der Waals surface area contributed by atoms with Crippen LogP contribution in [0.2, 0.25) is 0 Å². The molecule has 0 aliphatic heterocycles. The quantitative estimate of drug-likeness (QED) is 0.832. The minimum absolute atomic E-state index is 0.0153. The molecule has 0 aliphatic rings. The standard InChI is InChI=1S/C11H11F2NO3/c1-6(11(16)17)14-10(15)4-7-2-3-8(12)5-9(7)13/h2-3,5-6H,4H2,1H3,(H,14,15)(H,16,17)/t6-/m1/s1. The highest BCUT2D eigenvalue weighted by atomic mass is 19.1. The molecule has 0 aliphatic carbocycles. The van der Waals surface area contributed by atoms with Crippen molar-refractivity contribution < 1.29 is 23.5 Å². The third-order valence-electron chi connectivity index (χ3n) is 2.11. The fraction of sp³-hybridized carbons (Fsp3) is 0.273. The van der Waals surface area contributed by atoms with Crippen molar-refractivity contribution in [1.82, 2.24) is 5.32 Å². The average molecular weight is 243 g/mol. The van der Waals surface area contributed by atoms with Gasteiger partial charge in [-0.1, -0.05) is 6.07 Å². The van der Waals surface area contributed by atoms with Crippen molar-refractivity contribution in [2.45, 2.75) is 19.4 Å². The predicted molar refractivity (Wildman–Crippen MR) is 55.3 cm³/mol. The number of carbonyl (C=O) groups is 2. The number of hydrogen-bond acceptors (Lipinski definition) is 2. The van der Waals surface area contributed by atoms with Crippen LogP contribution in [0.5, 0.6) is 0 Å². The largest absolute Gasteiger partial charge is 0.480 e. The molecule has 1 aromatic carbocycles. The molecule has 1 aromatic rings. The molecule has 0 heterocycles. The van der Waals surface area contributed by atoms with Gasteiger partial charge in [0, 0.05) is 6.07 Å². The molecule has 0 spiro atoms. The molecule has 0 radical (unpaired) electrons. The summed E-state index contributed by atoms with van der Waals surface area (Å²) in [7, 11) is 0. The van der Waals surface area contributed by atoms with Crippen LogP contribution < -0.4 is 5.32 Å². The Labute approximate surface area is 96.3 Å². The van der Waals surface area contributed by atoms with Gasteiger partial charge in [0.25, 0.3) is 0 Å². The highest BCUT2D eigenvalue weighted by Crippen LogP contribution is 2.10. The van der Waals surface area contributed by atoms with Crippen LogP contribution in [-0.2, 0) is 16.0 Å². The Morgan fingerprint density at radius 1 is 1.41 bits per heavy atom. The topological polar surface area (TPSA) is 66.4 Å². The maximum Gasteiger partial charge on any atom is 0.325 e. The smallest absolute Gasteiger partial charge is 0.325 e. The van der Waals surface area contributed by atoms with E-state index >= 15 is 0 Å². The molecule has 92 valence electrons. The lowest BCUT2D eigenvalue weighted by Gasteiger charge is -2.09. The maximum atomic E-state index is 13.2. The fourth-order valence-corrected chi connectivity index (χ4v) is 1.19. The van der Waals surface area contributed by atoms with E-state index in [2.05, 4.69) is 5.32 Å². The van der Waals surface area contributed by atoms with E-state index < -0.39 is 29.6 Å². The average Bonchev–Trinajstić information content (AvgIpc) is 2.22. The Morgan fingerprint density at radius 2 is 2.06 bits per heavy atom. The van der Waals surface area contributed by atoms with E-state index in [1.54, 1.807) is 0 Å². The van der Waals surface area contributed by atoms with Gasteiger partial charge in [0.15, 0.2) is 0 Å². The minimum Gasteiger partial charge on any atom is -0.480 e. The lowest BCUT2D eigenvalue weighted by molar-refractivity contribution is -0.141. The van der Waals surface area contributed by atoms with E-state index in [9.17, 15) is 18.4 Å². The van der Waals surface area contributed by atoms with Gasteiger partial charge in [-0.05, 0) is 18.6 Å². The maximum absolute atomic E-state index is 13.2. The van der Waals surface area contributed by atoms with E-state index in [4.69, 9.17) is 5.11 Å². The highest BCUT2D eigenvalue weighted by Gasteiger charge is 2.15. The van der Waals surface area contributed by atoms with Crippen molar-refractivity contribution in [2.75, 3.05) is 0 Å². The first-order valence-corrected chi connectivity index (χ1v) is 4.86. The highest BCUT2D eigenvalue weighted by molar-refractivity contribution is 5.84. The number of amides is 1. The van der Waals surface area contributed by atoms with Crippen molar-refractivity contribution in [2.24, 2.45) is 0 Å². The lowest BCUT2D eigenvalue weighted by atomic mass is 10.1. The third-order valence-corrected chi connectivity index (χ3v) is 2.11. The molecule has 6 heteroatoms. The third kappa shape index (κ3) is 3.82. The van der Waals surface area contributed by atoms with Crippen LogP contribution in [0, 0.1) is 11.6 Å². The number of hydrogen-bond donors (Lipinski definition) is 2. The summed E-state index contributed by atoms with van der Waals surface area (Å²) in [6, 6.07) is 1.80. The summed E-state index contributed by atoms with van der Waals surface area (Å²) in [6.45, 7) is 1.29. The molecule has 1 amide bonds. The van der Waals surface area contributed by atoms with Gasteiger partial charge in [-0.2, -0.15) is 0 Å². The van der Waals surface area contributed by atoms with E-state index in [0.717, 1.165) is 12.1 Å².